The first-order valence-corrected chi connectivity index (χ1v) is 7.76. The molecule has 2 atom stereocenters. The van der Waals surface area contributed by atoms with Gasteiger partial charge in [-0.05, 0) is 39.0 Å². The normalized spacial score (nSPS) is 20.2. The molecular weight excluding hydrogens is 234 g/mol. The molecule has 0 aromatic carbocycles. The van der Waals surface area contributed by atoms with E-state index in [1.54, 1.807) is 12.4 Å². The lowest BCUT2D eigenvalue weighted by atomic mass is 9.82. The van der Waals surface area contributed by atoms with Crippen LogP contribution in [-0.2, 0) is 0 Å². The zero-order chi connectivity index (χ0) is 13.7. The summed E-state index contributed by atoms with van der Waals surface area (Å²) in [7, 11) is 0. The fourth-order valence-electron chi connectivity index (χ4n) is 3.37. The molecule has 19 heavy (non-hydrogen) atoms. The minimum absolute atomic E-state index is 0.292. The lowest BCUT2D eigenvalue weighted by molar-refractivity contribution is 0.248. The molecule has 1 aliphatic carbocycles. The van der Waals surface area contributed by atoms with E-state index >= 15 is 0 Å². The van der Waals surface area contributed by atoms with E-state index < -0.39 is 0 Å². The van der Waals surface area contributed by atoms with Crippen molar-refractivity contribution in [3.63, 3.8) is 0 Å². The summed E-state index contributed by atoms with van der Waals surface area (Å²) >= 11 is 0. The van der Waals surface area contributed by atoms with E-state index in [0.29, 0.717) is 12.1 Å². The smallest absolute Gasteiger partial charge is 0.0782 e. The largest absolute Gasteiger partial charge is 0.306 e. The average molecular weight is 261 g/mol. The average Bonchev–Trinajstić information content (AvgIpc) is 2.46. The maximum atomic E-state index is 4.49. The van der Waals surface area contributed by atoms with E-state index in [9.17, 15) is 0 Å². The van der Waals surface area contributed by atoms with Crippen molar-refractivity contribution in [2.75, 3.05) is 0 Å². The van der Waals surface area contributed by atoms with Crippen LogP contribution in [0.25, 0.3) is 0 Å². The molecule has 0 bridgehead atoms. The highest BCUT2D eigenvalue weighted by molar-refractivity contribution is 5.12. The van der Waals surface area contributed by atoms with Crippen LogP contribution in [0.4, 0.5) is 0 Å². The fourth-order valence-corrected chi connectivity index (χ4v) is 3.37. The van der Waals surface area contributed by atoms with Crippen molar-refractivity contribution >= 4 is 0 Å². The Bertz CT molecular complexity index is 385. The number of nitrogens with one attached hydrogen (secondary N) is 1. The third kappa shape index (κ3) is 3.75. The van der Waals surface area contributed by atoms with E-state index in [1.165, 1.54) is 38.5 Å². The van der Waals surface area contributed by atoms with Gasteiger partial charge in [-0.1, -0.05) is 26.2 Å². The Hall–Kier alpha value is -0.960. The summed E-state index contributed by atoms with van der Waals surface area (Å²) in [6.07, 6.45) is 11.8. The number of hydrogen-bond acceptors (Lipinski definition) is 3. The van der Waals surface area contributed by atoms with Crippen LogP contribution >= 0.6 is 0 Å². The maximum Gasteiger partial charge on any atom is 0.0782 e. The number of nitrogens with zero attached hydrogens (tertiary/aromatic N) is 2. The zero-order valence-corrected chi connectivity index (χ0v) is 12.5. The molecule has 1 fully saturated rings. The minimum atomic E-state index is 0.292. The van der Waals surface area contributed by atoms with E-state index in [-0.39, 0.29) is 0 Å². The first kappa shape index (κ1) is 14.4. The first-order chi connectivity index (χ1) is 9.22. The van der Waals surface area contributed by atoms with Gasteiger partial charge < -0.3 is 5.32 Å². The third-order valence-electron chi connectivity index (χ3n) is 4.45. The number of aryl methyl sites for hydroxylation is 1. The second-order valence-electron chi connectivity index (χ2n) is 5.83. The van der Waals surface area contributed by atoms with Crippen LogP contribution in [-0.4, -0.2) is 16.0 Å². The highest BCUT2D eigenvalue weighted by Crippen LogP contribution is 2.29. The molecule has 2 unspecified atom stereocenters. The Kier molecular flexibility index (Phi) is 5.32. The molecular formula is C16H27N3. The predicted molar refractivity (Wildman–Crippen MR) is 79.0 cm³/mol. The Morgan fingerprint density at radius 1 is 1.21 bits per heavy atom. The van der Waals surface area contributed by atoms with E-state index in [4.69, 9.17) is 0 Å². The van der Waals surface area contributed by atoms with Gasteiger partial charge >= 0.3 is 0 Å². The van der Waals surface area contributed by atoms with Crippen LogP contribution in [0.5, 0.6) is 0 Å². The topological polar surface area (TPSA) is 37.8 Å². The summed E-state index contributed by atoms with van der Waals surface area (Å²) in [4.78, 5) is 8.83. The van der Waals surface area contributed by atoms with Crippen LogP contribution in [0.1, 0.15) is 69.8 Å². The Balaban J connectivity index is 1.99. The van der Waals surface area contributed by atoms with Crippen molar-refractivity contribution in [3.8, 4) is 0 Å². The van der Waals surface area contributed by atoms with E-state index in [0.717, 1.165) is 17.3 Å². The highest BCUT2D eigenvalue weighted by Gasteiger charge is 2.24. The van der Waals surface area contributed by atoms with E-state index in [2.05, 4.69) is 29.1 Å². The molecule has 1 heterocycles. The second-order valence-corrected chi connectivity index (χ2v) is 5.83. The lowest BCUT2D eigenvalue weighted by Gasteiger charge is -2.32. The van der Waals surface area contributed by atoms with Crippen LogP contribution < -0.4 is 5.32 Å². The molecule has 1 N–H and O–H groups in total. The van der Waals surface area contributed by atoms with Gasteiger partial charge in [0, 0.05) is 24.5 Å². The van der Waals surface area contributed by atoms with Crippen LogP contribution in [0.3, 0.4) is 0 Å². The Morgan fingerprint density at radius 2 is 1.89 bits per heavy atom. The molecule has 0 spiro atoms. The molecule has 0 amide bonds. The molecule has 1 aliphatic rings. The first-order valence-electron chi connectivity index (χ1n) is 7.76. The van der Waals surface area contributed by atoms with Gasteiger partial charge in [0.15, 0.2) is 0 Å². The summed E-state index contributed by atoms with van der Waals surface area (Å²) in [5.74, 6) is 0.846. The quantitative estimate of drug-likeness (QED) is 0.876. The fraction of sp³-hybridized carbons (Fsp3) is 0.750. The van der Waals surface area contributed by atoms with Gasteiger partial charge in [0.25, 0.3) is 0 Å². The molecule has 1 saturated carbocycles. The highest BCUT2D eigenvalue weighted by atomic mass is 15.0. The van der Waals surface area contributed by atoms with Gasteiger partial charge in [-0.3, -0.25) is 9.97 Å². The lowest BCUT2D eigenvalue weighted by Crippen LogP contribution is -2.38. The van der Waals surface area contributed by atoms with Gasteiger partial charge in [-0.15, -0.1) is 0 Å². The molecule has 3 heteroatoms. The van der Waals surface area contributed by atoms with Crippen molar-refractivity contribution in [2.45, 2.75) is 71.4 Å². The van der Waals surface area contributed by atoms with Crippen molar-refractivity contribution in [2.24, 2.45) is 5.92 Å². The minimum Gasteiger partial charge on any atom is -0.306 e. The van der Waals surface area contributed by atoms with Gasteiger partial charge in [-0.25, -0.2) is 0 Å². The summed E-state index contributed by atoms with van der Waals surface area (Å²) in [6.45, 7) is 6.55. The summed E-state index contributed by atoms with van der Waals surface area (Å²) in [5, 5.41) is 3.79. The van der Waals surface area contributed by atoms with Crippen LogP contribution in [0.2, 0.25) is 0 Å². The van der Waals surface area contributed by atoms with Crippen molar-refractivity contribution in [3.05, 3.63) is 23.8 Å². The number of rotatable bonds is 5. The molecule has 2 rings (SSSR count). The summed E-state index contributed by atoms with van der Waals surface area (Å²) in [6, 6.07) is 0.914. The Labute approximate surface area is 117 Å². The third-order valence-corrected chi connectivity index (χ3v) is 4.45. The number of hydrogen-bond donors (Lipinski definition) is 1. The van der Waals surface area contributed by atoms with Gasteiger partial charge in [0.05, 0.1) is 11.4 Å². The van der Waals surface area contributed by atoms with E-state index in [1.807, 2.05) is 6.92 Å². The standard InChI is InChI=1S/C16H27N3/c1-4-15(14-8-6-5-7-9-14)19-13(3)16-12(2)17-10-11-18-16/h10-11,13-15,19H,4-9H2,1-3H3. The van der Waals surface area contributed by atoms with Crippen molar-refractivity contribution < 1.29 is 0 Å². The summed E-state index contributed by atoms with van der Waals surface area (Å²) in [5.41, 5.74) is 2.14. The SMILES string of the molecule is CCC(NC(C)c1nccnc1C)C1CCCCC1. The molecule has 1 aromatic heterocycles. The summed E-state index contributed by atoms with van der Waals surface area (Å²) < 4.78 is 0. The Morgan fingerprint density at radius 3 is 2.53 bits per heavy atom. The van der Waals surface area contributed by atoms with Crippen molar-refractivity contribution in [1.29, 1.82) is 0 Å². The molecule has 0 saturated heterocycles. The second kappa shape index (κ2) is 6.99. The van der Waals surface area contributed by atoms with Crippen LogP contribution in [0.15, 0.2) is 12.4 Å². The van der Waals surface area contributed by atoms with Crippen LogP contribution in [0, 0.1) is 12.8 Å². The monoisotopic (exact) mass is 261 g/mol. The molecule has 0 aliphatic heterocycles. The molecule has 1 aromatic rings. The predicted octanol–water partition coefficient (Wildman–Crippen LogP) is 3.79. The van der Waals surface area contributed by atoms with Gasteiger partial charge in [0.2, 0.25) is 0 Å². The molecule has 0 radical (unpaired) electrons. The van der Waals surface area contributed by atoms with Gasteiger partial charge in [-0.2, -0.15) is 0 Å². The number of aromatic nitrogens is 2. The molecule has 3 nitrogen and oxygen atoms in total. The van der Waals surface area contributed by atoms with Crippen molar-refractivity contribution in [1.82, 2.24) is 15.3 Å². The van der Waals surface area contributed by atoms with Gasteiger partial charge in [0.1, 0.15) is 0 Å². The zero-order valence-electron chi connectivity index (χ0n) is 12.5. The molecule has 106 valence electrons. The maximum absolute atomic E-state index is 4.49.